The van der Waals surface area contributed by atoms with Crippen molar-refractivity contribution in [2.24, 2.45) is 0 Å². The van der Waals surface area contributed by atoms with Crippen molar-refractivity contribution >= 4 is 6.08 Å². The Morgan fingerprint density at radius 3 is 1.63 bits per heavy atom. The lowest BCUT2D eigenvalue weighted by Gasteiger charge is -2.20. The average molecular weight is 643 g/mol. The summed E-state index contributed by atoms with van der Waals surface area (Å²) in [7, 11) is 0. The monoisotopic (exact) mass is 642 g/mol. The SMILES string of the molecule is CCC/C=C/c1ccc(-c2ccc(-c3ccc(-c4cc(F)c(C(F)(F)Oc5cc(F)c(F)c(F)c5)c(F)c4)c(F)c3)c(F)c2)cc1. The number of benzene rings is 5. The highest BCUT2D eigenvalue weighted by molar-refractivity contribution is 5.75. The van der Waals surface area contributed by atoms with Gasteiger partial charge < -0.3 is 4.74 Å². The molecule has 0 atom stereocenters. The van der Waals surface area contributed by atoms with Crippen LogP contribution in [0.2, 0.25) is 0 Å². The topological polar surface area (TPSA) is 9.23 Å². The highest BCUT2D eigenvalue weighted by Crippen LogP contribution is 2.39. The van der Waals surface area contributed by atoms with Crippen molar-refractivity contribution in [2.75, 3.05) is 0 Å². The molecule has 0 fully saturated rings. The van der Waals surface area contributed by atoms with Crippen LogP contribution in [0, 0.1) is 40.7 Å². The summed E-state index contributed by atoms with van der Waals surface area (Å²) in [5.74, 6) is -12.3. The molecule has 5 aromatic rings. The Labute approximate surface area is 258 Å². The predicted molar refractivity (Wildman–Crippen MR) is 157 cm³/mol. The van der Waals surface area contributed by atoms with Gasteiger partial charge in [-0.2, -0.15) is 8.78 Å². The van der Waals surface area contributed by atoms with Gasteiger partial charge in [0, 0.05) is 23.3 Å². The van der Waals surface area contributed by atoms with E-state index in [9.17, 15) is 30.7 Å². The highest BCUT2D eigenvalue weighted by atomic mass is 19.3. The fourth-order valence-electron chi connectivity index (χ4n) is 4.82. The number of allylic oxidation sites excluding steroid dienone is 1. The Morgan fingerprint density at radius 1 is 0.565 bits per heavy atom. The van der Waals surface area contributed by atoms with E-state index in [2.05, 4.69) is 17.7 Å². The first-order chi connectivity index (χ1) is 21.9. The van der Waals surface area contributed by atoms with Gasteiger partial charge in [0.2, 0.25) is 0 Å². The minimum Gasteiger partial charge on any atom is -0.429 e. The maximum Gasteiger partial charge on any atom is 0.432 e. The second-order valence-electron chi connectivity index (χ2n) is 10.3. The molecule has 0 aromatic heterocycles. The first-order valence-corrected chi connectivity index (χ1v) is 14.0. The minimum atomic E-state index is -4.80. The quantitative estimate of drug-likeness (QED) is 0.115. The molecule has 0 saturated heterocycles. The summed E-state index contributed by atoms with van der Waals surface area (Å²) < 4.78 is 133. The summed E-state index contributed by atoms with van der Waals surface area (Å²) in [6, 6.07) is 16.3. The van der Waals surface area contributed by atoms with Crippen molar-refractivity contribution in [2.45, 2.75) is 25.9 Å². The molecule has 5 rings (SSSR count). The van der Waals surface area contributed by atoms with Crippen molar-refractivity contribution in [3.05, 3.63) is 143 Å². The van der Waals surface area contributed by atoms with E-state index in [1.165, 1.54) is 18.2 Å². The molecular formula is C36H23F9O. The number of alkyl halides is 2. The van der Waals surface area contributed by atoms with Crippen LogP contribution in [0.1, 0.15) is 30.9 Å². The molecule has 236 valence electrons. The van der Waals surface area contributed by atoms with Crippen molar-refractivity contribution in [3.63, 3.8) is 0 Å². The van der Waals surface area contributed by atoms with Gasteiger partial charge in [-0.25, -0.2) is 30.7 Å². The minimum absolute atomic E-state index is 0.0477. The third kappa shape index (κ3) is 6.80. The Kier molecular flexibility index (Phi) is 9.27. The maximum absolute atomic E-state index is 15.2. The lowest BCUT2D eigenvalue weighted by molar-refractivity contribution is -0.189. The van der Waals surface area contributed by atoms with Crippen LogP contribution >= 0.6 is 0 Å². The number of hydrogen-bond donors (Lipinski definition) is 0. The largest absolute Gasteiger partial charge is 0.432 e. The zero-order valence-corrected chi connectivity index (χ0v) is 24.0. The summed E-state index contributed by atoms with van der Waals surface area (Å²) in [5.41, 5.74) is -0.275. The lowest BCUT2D eigenvalue weighted by atomic mass is 9.96. The molecular weight excluding hydrogens is 619 g/mol. The number of unbranched alkanes of at least 4 members (excludes halogenated alkanes) is 1. The van der Waals surface area contributed by atoms with Crippen molar-refractivity contribution in [1.29, 1.82) is 0 Å². The molecule has 0 aliphatic heterocycles. The molecule has 0 unspecified atom stereocenters. The number of halogens is 9. The molecule has 5 aromatic carbocycles. The van der Waals surface area contributed by atoms with Gasteiger partial charge in [-0.1, -0.05) is 74.0 Å². The van der Waals surface area contributed by atoms with E-state index >= 15 is 8.78 Å². The van der Waals surface area contributed by atoms with Crippen molar-refractivity contribution in [1.82, 2.24) is 0 Å². The fraction of sp³-hybridized carbons (Fsp3) is 0.111. The van der Waals surface area contributed by atoms with Gasteiger partial charge in [0.25, 0.3) is 0 Å². The molecule has 0 N–H and O–H groups in total. The molecule has 1 nitrogen and oxygen atoms in total. The standard InChI is InChI=1S/C36H23F9O/c1-2-3-4-5-20-6-8-21(9-7-20)22-10-12-26(28(37)14-22)23-11-13-27(29(38)15-23)24-16-30(39)34(31(40)17-24)36(44,45)46-25-18-32(41)35(43)33(42)19-25/h4-19H,2-3H2,1H3/b5-4+. The third-order valence-electron chi connectivity index (χ3n) is 7.11. The second-order valence-corrected chi connectivity index (χ2v) is 10.3. The van der Waals surface area contributed by atoms with Crippen LogP contribution in [0.4, 0.5) is 39.5 Å². The van der Waals surface area contributed by atoms with Gasteiger partial charge in [-0.15, -0.1) is 0 Å². The molecule has 0 bridgehead atoms. The summed E-state index contributed by atoms with van der Waals surface area (Å²) in [4.78, 5) is 0. The van der Waals surface area contributed by atoms with Crippen LogP contribution in [-0.4, -0.2) is 0 Å². The molecule has 0 radical (unpaired) electrons. The molecule has 10 heteroatoms. The lowest BCUT2D eigenvalue weighted by Crippen LogP contribution is -2.25. The van der Waals surface area contributed by atoms with Gasteiger partial charge in [0.05, 0.1) is 0 Å². The molecule has 0 aliphatic rings. The van der Waals surface area contributed by atoms with E-state index in [0.29, 0.717) is 17.7 Å². The van der Waals surface area contributed by atoms with E-state index < -0.39 is 63.7 Å². The van der Waals surface area contributed by atoms with Crippen LogP contribution in [0.25, 0.3) is 39.5 Å². The van der Waals surface area contributed by atoms with E-state index in [0.717, 1.165) is 36.1 Å². The fourth-order valence-corrected chi connectivity index (χ4v) is 4.82. The van der Waals surface area contributed by atoms with Crippen LogP contribution in [0.3, 0.4) is 0 Å². The smallest absolute Gasteiger partial charge is 0.429 e. The van der Waals surface area contributed by atoms with E-state index in [4.69, 9.17) is 0 Å². The van der Waals surface area contributed by atoms with Crippen molar-refractivity contribution < 1.29 is 44.3 Å². The van der Waals surface area contributed by atoms with E-state index in [1.807, 2.05) is 30.3 Å². The van der Waals surface area contributed by atoms with Gasteiger partial charge in [-0.05, 0) is 58.5 Å². The first kappa shape index (κ1) is 32.4. The molecule has 0 saturated carbocycles. The molecule has 0 aliphatic carbocycles. The number of ether oxygens (including phenoxy) is 1. The molecule has 0 heterocycles. The number of hydrogen-bond acceptors (Lipinski definition) is 1. The van der Waals surface area contributed by atoms with Crippen LogP contribution < -0.4 is 4.74 Å². The average Bonchev–Trinajstić information content (AvgIpc) is 2.99. The summed E-state index contributed by atoms with van der Waals surface area (Å²) >= 11 is 0. The van der Waals surface area contributed by atoms with Crippen LogP contribution in [-0.2, 0) is 6.11 Å². The Hall–Kier alpha value is -4.99. The van der Waals surface area contributed by atoms with Gasteiger partial charge in [0.1, 0.15) is 34.6 Å². The highest BCUT2D eigenvalue weighted by Gasteiger charge is 2.41. The Bertz CT molecular complexity index is 1890. The zero-order valence-electron chi connectivity index (χ0n) is 24.0. The summed E-state index contributed by atoms with van der Waals surface area (Å²) in [5, 5.41) is 0. The van der Waals surface area contributed by atoms with E-state index in [-0.39, 0.29) is 28.8 Å². The normalized spacial score (nSPS) is 11.8. The zero-order chi connectivity index (χ0) is 33.2. The number of rotatable bonds is 9. The Balaban J connectivity index is 1.38. The first-order valence-electron chi connectivity index (χ1n) is 14.0. The summed E-state index contributed by atoms with van der Waals surface area (Å²) in [6.07, 6.45) is 1.25. The van der Waals surface area contributed by atoms with Gasteiger partial charge in [-0.3, -0.25) is 0 Å². The maximum atomic E-state index is 15.2. The van der Waals surface area contributed by atoms with E-state index in [1.54, 1.807) is 6.07 Å². The van der Waals surface area contributed by atoms with Crippen molar-refractivity contribution in [3.8, 4) is 39.1 Å². The second kappa shape index (κ2) is 13.2. The third-order valence-corrected chi connectivity index (χ3v) is 7.11. The van der Waals surface area contributed by atoms with Gasteiger partial charge >= 0.3 is 6.11 Å². The summed E-state index contributed by atoms with van der Waals surface area (Å²) in [6.45, 7) is 2.08. The molecule has 0 spiro atoms. The van der Waals surface area contributed by atoms with Gasteiger partial charge in [0.15, 0.2) is 17.5 Å². The van der Waals surface area contributed by atoms with Crippen LogP contribution in [0.15, 0.2) is 91.0 Å². The predicted octanol–water partition coefficient (Wildman–Crippen LogP) is 11.6. The molecule has 46 heavy (non-hydrogen) atoms. The molecule has 0 amide bonds. The van der Waals surface area contributed by atoms with Crippen LogP contribution in [0.5, 0.6) is 5.75 Å². The Morgan fingerprint density at radius 2 is 1.07 bits per heavy atom.